The Morgan fingerprint density at radius 1 is 1.12 bits per heavy atom. The van der Waals surface area contributed by atoms with Crippen LogP contribution in [0.15, 0.2) is 48.8 Å². The number of aromatic nitrogens is 2. The van der Waals surface area contributed by atoms with Crippen LogP contribution in [0.25, 0.3) is 0 Å². The second-order valence-electron chi connectivity index (χ2n) is 2.91. The number of hydrogen-bond donors (Lipinski definition) is 1. The number of primary amides is 1. The summed E-state index contributed by atoms with van der Waals surface area (Å²) in [5.41, 5.74) is 5.68. The summed E-state index contributed by atoms with van der Waals surface area (Å²) in [6.07, 6.45) is 3.12. The molecule has 5 heteroatoms. The molecule has 0 radical (unpaired) electrons. The van der Waals surface area contributed by atoms with Gasteiger partial charge in [0.2, 0.25) is 0 Å². The molecule has 0 unspecified atom stereocenters. The van der Waals surface area contributed by atoms with Gasteiger partial charge >= 0.3 is 0 Å². The molecule has 5 nitrogen and oxygen atoms in total. The maximum atomic E-state index is 10.4. The van der Waals surface area contributed by atoms with Gasteiger partial charge < -0.3 is 5.73 Å². The smallest absolute Gasteiger partial charge is 0.267 e. The summed E-state index contributed by atoms with van der Waals surface area (Å²) < 4.78 is 0. The molecule has 0 saturated heterocycles. The molecule has 1 amide bonds. The molecule has 0 spiro atoms. The van der Waals surface area contributed by atoms with Crippen molar-refractivity contribution in [2.45, 2.75) is 0 Å². The van der Waals surface area contributed by atoms with E-state index in [-0.39, 0.29) is 0 Å². The van der Waals surface area contributed by atoms with Crippen molar-refractivity contribution in [2.75, 3.05) is 0 Å². The molecule has 0 aromatic carbocycles. The lowest BCUT2D eigenvalue weighted by Gasteiger charge is -1.88. The first-order chi connectivity index (χ1) is 8.24. The van der Waals surface area contributed by atoms with Crippen molar-refractivity contribution in [1.29, 1.82) is 5.26 Å². The molecule has 0 fully saturated rings. The summed E-state index contributed by atoms with van der Waals surface area (Å²) in [5.74, 6) is -0.490. The maximum absolute atomic E-state index is 10.4. The molecular weight excluding hydrogens is 216 g/mol. The first-order valence-corrected chi connectivity index (χ1v) is 4.76. The number of carbonyl (C=O) groups is 1. The number of hydrogen-bond acceptors (Lipinski definition) is 4. The standard InChI is InChI=1S/C6H6N2O.C6H4N2/c7-6(9)5-3-1-2-4-8-5;7-5-6-3-1-2-4-8-6/h1-4H,(H2,7,9);1-4H. The van der Waals surface area contributed by atoms with Gasteiger partial charge in [-0.3, -0.25) is 9.78 Å². The van der Waals surface area contributed by atoms with Crippen molar-refractivity contribution in [1.82, 2.24) is 9.97 Å². The molecule has 2 aromatic rings. The van der Waals surface area contributed by atoms with Crippen LogP contribution in [0.3, 0.4) is 0 Å². The summed E-state index contributed by atoms with van der Waals surface area (Å²) in [4.78, 5) is 17.8. The van der Waals surface area contributed by atoms with Gasteiger partial charge in [0.15, 0.2) is 0 Å². The van der Waals surface area contributed by atoms with Gasteiger partial charge in [0.25, 0.3) is 5.91 Å². The molecule has 0 atom stereocenters. The van der Waals surface area contributed by atoms with Gasteiger partial charge in [0.05, 0.1) is 0 Å². The Hall–Kier alpha value is -2.74. The number of amides is 1. The third-order valence-electron chi connectivity index (χ3n) is 1.70. The fourth-order valence-electron chi connectivity index (χ4n) is 0.937. The molecule has 2 rings (SSSR count). The SMILES string of the molecule is N#Cc1ccccn1.NC(=O)c1ccccn1. The van der Waals surface area contributed by atoms with Crippen LogP contribution in [-0.4, -0.2) is 15.9 Å². The zero-order valence-electron chi connectivity index (χ0n) is 8.95. The molecule has 84 valence electrons. The van der Waals surface area contributed by atoms with Gasteiger partial charge in [-0.2, -0.15) is 5.26 Å². The fourth-order valence-corrected chi connectivity index (χ4v) is 0.937. The van der Waals surface area contributed by atoms with Crippen LogP contribution in [-0.2, 0) is 0 Å². The average Bonchev–Trinajstić information content (AvgIpc) is 2.41. The number of nitriles is 1. The Morgan fingerprint density at radius 2 is 1.76 bits per heavy atom. The number of nitrogens with two attached hydrogens (primary N) is 1. The Labute approximate surface area is 98.6 Å². The molecule has 2 heterocycles. The summed E-state index contributed by atoms with van der Waals surface area (Å²) >= 11 is 0. The van der Waals surface area contributed by atoms with Gasteiger partial charge in [-0.15, -0.1) is 0 Å². The second-order valence-corrected chi connectivity index (χ2v) is 2.91. The van der Waals surface area contributed by atoms with E-state index in [1.807, 2.05) is 6.07 Å². The molecule has 0 bridgehead atoms. The minimum absolute atomic E-state index is 0.303. The van der Waals surface area contributed by atoms with Crippen molar-refractivity contribution in [2.24, 2.45) is 5.73 Å². The van der Waals surface area contributed by atoms with Crippen LogP contribution in [0.5, 0.6) is 0 Å². The van der Waals surface area contributed by atoms with Crippen LogP contribution in [0.1, 0.15) is 16.2 Å². The monoisotopic (exact) mass is 226 g/mol. The van der Waals surface area contributed by atoms with Gasteiger partial charge in [-0.1, -0.05) is 12.1 Å². The number of rotatable bonds is 1. The molecule has 0 aliphatic heterocycles. The molecule has 17 heavy (non-hydrogen) atoms. The first kappa shape index (κ1) is 12.3. The van der Waals surface area contributed by atoms with E-state index in [1.54, 1.807) is 42.6 Å². The molecule has 2 N–H and O–H groups in total. The average molecular weight is 226 g/mol. The Morgan fingerprint density at radius 3 is 2.06 bits per heavy atom. The van der Waals surface area contributed by atoms with E-state index in [2.05, 4.69) is 9.97 Å². The van der Waals surface area contributed by atoms with Gasteiger partial charge in [-0.05, 0) is 24.3 Å². The predicted molar refractivity (Wildman–Crippen MR) is 61.7 cm³/mol. The van der Waals surface area contributed by atoms with Crippen molar-refractivity contribution in [3.8, 4) is 6.07 Å². The molecule has 0 saturated carbocycles. The van der Waals surface area contributed by atoms with E-state index in [9.17, 15) is 4.79 Å². The minimum Gasteiger partial charge on any atom is -0.364 e. The van der Waals surface area contributed by atoms with E-state index in [4.69, 9.17) is 11.0 Å². The number of nitrogens with zero attached hydrogens (tertiary/aromatic N) is 3. The Kier molecular flexibility index (Phi) is 4.85. The van der Waals surface area contributed by atoms with Crippen molar-refractivity contribution >= 4 is 5.91 Å². The van der Waals surface area contributed by atoms with Crippen LogP contribution in [0, 0.1) is 11.3 Å². The quantitative estimate of drug-likeness (QED) is 0.788. The lowest BCUT2D eigenvalue weighted by atomic mass is 10.3. The highest BCUT2D eigenvalue weighted by molar-refractivity contribution is 5.90. The van der Waals surface area contributed by atoms with Gasteiger partial charge in [0.1, 0.15) is 17.5 Å². The van der Waals surface area contributed by atoms with Crippen LogP contribution < -0.4 is 5.73 Å². The van der Waals surface area contributed by atoms with Gasteiger partial charge in [-0.25, -0.2) is 4.98 Å². The van der Waals surface area contributed by atoms with E-state index in [1.165, 1.54) is 6.20 Å². The fraction of sp³-hybridized carbons (Fsp3) is 0. The van der Waals surface area contributed by atoms with E-state index in [0.29, 0.717) is 11.4 Å². The summed E-state index contributed by atoms with van der Waals surface area (Å²) in [6, 6.07) is 12.2. The van der Waals surface area contributed by atoms with Gasteiger partial charge in [0, 0.05) is 12.4 Å². The Balaban J connectivity index is 0.000000171. The Bertz CT molecular complexity index is 505. The molecular formula is C12H10N4O. The summed E-state index contributed by atoms with van der Waals surface area (Å²) in [6.45, 7) is 0. The highest BCUT2D eigenvalue weighted by Gasteiger charge is 1.95. The van der Waals surface area contributed by atoms with Crippen molar-refractivity contribution in [3.05, 3.63) is 60.2 Å². The summed E-state index contributed by atoms with van der Waals surface area (Å²) in [5, 5.41) is 8.23. The third-order valence-corrected chi connectivity index (χ3v) is 1.70. The normalized spacial score (nSPS) is 8.41. The van der Waals surface area contributed by atoms with Crippen LogP contribution in [0.4, 0.5) is 0 Å². The number of carbonyl (C=O) groups excluding carboxylic acids is 1. The van der Waals surface area contributed by atoms with E-state index in [0.717, 1.165) is 0 Å². The van der Waals surface area contributed by atoms with Crippen molar-refractivity contribution < 1.29 is 4.79 Å². The lowest BCUT2D eigenvalue weighted by Crippen LogP contribution is -2.12. The van der Waals surface area contributed by atoms with Crippen LogP contribution in [0.2, 0.25) is 0 Å². The second kappa shape index (κ2) is 6.69. The third kappa shape index (κ3) is 4.53. The number of pyridine rings is 2. The molecule has 2 aromatic heterocycles. The highest BCUT2D eigenvalue weighted by atomic mass is 16.1. The topological polar surface area (TPSA) is 92.7 Å². The zero-order chi connectivity index (χ0) is 12.5. The van der Waals surface area contributed by atoms with E-state index >= 15 is 0 Å². The van der Waals surface area contributed by atoms with Crippen molar-refractivity contribution in [3.63, 3.8) is 0 Å². The minimum atomic E-state index is -0.490. The zero-order valence-corrected chi connectivity index (χ0v) is 8.95. The first-order valence-electron chi connectivity index (χ1n) is 4.76. The largest absolute Gasteiger partial charge is 0.364 e. The van der Waals surface area contributed by atoms with Crippen LogP contribution >= 0.6 is 0 Å². The van der Waals surface area contributed by atoms with E-state index < -0.39 is 5.91 Å². The predicted octanol–water partition coefficient (Wildman–Crippen LogP) is 1.13. The lowest BCUT2D eigenvalue weighted by molar-refractivity contribution is 0.0995. The molecule has 0 aliphatic rings. The maximum Gasteiger partial charge on any atom is 0.267 e. The molecule has 0 aliphatic carbocycles. The highest BCUT2D eigenvalue weighted by Crippen LogP contribution is 1.89. The summed E-state index contributed by atoms with van der Waals surface area (Å²) in [7, 11) is 0.